The normalized spacial score (nSPS) is 11.6. The number of hydrogen-bond donors (Lipinski definition) is 1. The highest BCUT2D eigenvalue weighted by atomic mass is 79.9. The van der Waals surface area contributed by atoms with E-state index in [0.717, 1.165) is 5.56 Å². The number of hydrogen-bond acceptors (Lipinski definition) is 3. The first-order chi connectivity index (χ1) is 8.59. The Balaban J connectivity index is 1.97. The Morgan fingerprint density at radius 2 is 1.89 bits per heavy atom. The second kappa shape index (κ2) is 5.97. The Labute approximate surface area is 119 Å². The van der Waals surface area contributed by atoms with Gasteiger partial charge in [0.2, 0.25) is 0 Å². The molecule has 1 heterocycles. The van der Waals surface area contributed by atoms with Gasteiger partial charge in [0.05, 0.1) is 0 Å². The number of halogens is 1. The van der Waals surface area contributed by atoms with Crippen LogP contribution in [-0.2, 0) is 16.4 Å². The van der Waals surface area contributed by atoms with Gasteiger partial charge in [-0.15, -0.1) is 11.3 Å². The van der Waals surface area contributed by atoms with Crippen LogP contribution in [-0.4, -0.2) is 15.0 Å². The second-order valence-electron chi connectivity index (χ2n) is 3.69. The molecule has 0 aliphatic rings. The number of benzene rings is 1. The predicted octanol–water partition coefficient (Wildman–Crippen LogP) is 3.03. The maximum atomic E-state index is 12.0. The summed E-state index contributed by atoms with van der Waals surface area (Å²) in [6.07, 6.45) is 0.684. The predicted molar refractivity (Wildman–Crippen MR) is 77.4 cm³/mol. The van der Waals surface area contributed by atoms with Crippen molar-refractivity contribution >= 4 is 37.3 Å². The highest BCUT2D eigenvalue weighted by Gasteiger charge is 2.18. The monoisotopic (exact) mass is 345 g/mol. The van der Waals surface area contributed by atoms with Crippen LogP contribution < -0.4 is 4.72 Å². The Morgan fingerprint density at radius 3 is 2.50 bits per heavy atom. The van der Waals surface area contributed by atoms with Gasteiger partial charge in [0.15, 0.2) is 0 Å². The van der Waals surface area contributed by atoms with E-state index in [-0.39, 0.29) is 0 Å². The third-order valence-electron chi connectivity index (χ3n) is 2.38. The van der Waals surface area contributed by atoms with Crippen LogP contribution >= 0.6 is 27.3 Å². The van der Waals surface area contributed by atoms with E-state index in [1.807, 2.05) is 30.3 Å². The molecular weight excluding hydrogens is 334 g/mol. The molecule has 0 saturated carbocycles. The van der Waals surface area contributed by atoms with E-state index in [4.69, 9.17) is 0 Å². The largest absolute Gasteiger partial charge is 0.251 e. The Kier molecular flexibility index (Phi) is 4.55. The van der Waals surface area contributed by atoms with Crippen LogP contribution in [0.2, 0.25) is 0 Å². The zero-order valence-corrected chi connectivity index (χ0v) is 12.7. The third kappa shape index (κ3) is 3.41. The van der Waals surface area contributed by atoms with Crippen LogP contribution in [0, 0.1) is 0 Å². The molecule has 0 saturated heterocycles. The van der Waals surface area contributed by atoms with Crippen LogP contribution in [0.3, 0.4) is 0 Å². The van der Waals surface area contributed by atoms with Crippen molar-refractivity contribution in [3.8, 4) is 0 Å². The van der Waals surface area contributed by atoms with E-state index in [2.05, 4.69) is 20.7 Å². The average Bonchev–Trinajstić information content (AvgIpc) is 2.77. The molecule has 0 aliphatic heterocycles. The Bertz CT molecular complexity index is 608. The molecular formula is C12H12BrNO2S2. The molecule has 1 aromatic heterocycles. The molecule has 0 atom stereocenters. The topological polar surface area (TPSA) is 46.2 Å². The second-order valence-corrected chi connectivity index (χ2v) is 7.42. The van der Waals surface area contributed by atoms with Gasteiger partial charge in [0, 0.05) is 11.0 Å². The molecule has 0 spiro atoms. The smallest absolute Gasteiger partial charge is 0.210 e. The molecule has 0 unspecified atom stereocenters. The van der Waals surface area contributed by atoms with Gasteiger partial charge in [-0.1, -0.05) is 30.3 Å². The van der Waals surface area contributed by atoms with Gasteiger partial charge in [-0.2, -0.15) is 0 Å². The van der Waals surface area contributed by atoms with Gasteiger partial charge in [-0.05, 0) is 39.4 Å². The van der Waals surface area contributed by atoms with Crippen molar-refractivity contribution in [2.75, 3.05) is 6.54 Å². The van der Waals surface area contributed by atoms with Crippen molar-refractivity contribution in [3.05, 3.63) is 51.8 Å². The minimum atomic E-state index is -3.40. The summed E-state index contributed by atoms with van der Waals surface area (Å²) in [6.45, 7) is 0.399. The quantitative estimate of drug-likeness (QED) is 0.905. The third-order valence-corrected chi connectivity index (χ3v) is 6.51. The summed E-state index contributed by atoms with van der Waals surface area (Å²) in [6, 6.07) is 11.5. The summed E-state index contributed by atoms with van der Waals surface area (Å²) in [7, 11) is -3.40. The van der Waals surface area contributed by atoms with Gasteiger partial charge in [0.25, 0.3) is 10.0 Å². The molecule has 0 bridgehead atoms. The summed E-state index contributed by atoms with van der Waals surface area (Å²) in [5.41, 5.74) is 1.12. The fraction of sp³-hybridized carbons (Fsp3) is 0.167. The van der Waals surface area contributed by atoms with Crippen molar-refractivity contribution in [1.29, 1.82) is 0 Å². The summed E-state index contributed by atoms with van der Waals surface area (Å²) in [5.74, 6) is 0. The first kappa shape index (κ1) is 13.7. The fourth-order valence-electron chi connectivity index (χ4n) is 1.51. The molecule has 6 heteroatoms. The standard InChI is InChI=1S/C12H12BrNO2S2/c13-11-7-9-17-12(11)18(15,16)14-8-6-10-4-2-1-3-5-10/h1-5,7,9,14H,6,8H2. The lowest BCUT2D eigenvalue weighted by Gasteiger charge is -2.05. The first-order valence-corrected chi connectivity index (χ1v) is 8.52. The van der Waals surface area contributed by atoms with Gasteiger partial charge < -0.3 is 0 Å². The number of nitrogens with one attached hydrogen (secondary N) is 1. The highest BCUT2D eigenvalue weighted by Crippen LogP contribution is 2.27. The average molecular weight is 346 g/mol. The van der Waals surface area contributed by atoms with Crippen molar-refractivity contribution in [1.82, 2.24) is 4.72 Å². The molecule has 3 nitrogen and oxygen atoms in total. The first-order valence-electron chi connectivity index (χ1n) is 5.36. The van der Waals surface area contributed by atoms with Crippen molar-refractivity contribution in [3.63, 3.8) is 0 Å². The van der Waals surface area contributed by atoms with E-state index in [0.29, 0.717) is 21.6 Å². The highest BCUT2D eigenvalue weighted by molar-refractivity contribution is 9.10. The minimum absolute atomic E-state index is 0.329. The molecule has 18 heavy (non-hydrogen) atoms. The number of rotatable bonds is 5. The number of thiophene rings is 1. The van der Waals surface area contributed by atoms with Gasteiger partial charge in [-0.3, -0.25) is 0 Å². The van der Waals surface area contributed by atoms with Gasteiger partial charge in [-0.25, -0.2) is 13.1 Å². The number of sulfonamides is 1. The molecule has 2 rings (SSSR count). The van der Waals surface area contributed by atoms with Crippen LogP contribution in [0.5, 0.6) is 0 Å². The van der Waals surface area contributed by atoms with E-state index < -0.39 is 10.0 Å². The van der Waals surface area contributed by atoms with Crippen molar-refractivity contribution < 1.29 is 8.42 Å². The molecule has 96 valence electrons. The zero-order valence-electron chi connectivity index (χ0n) is 9.47. The minimum Gasteiger partial charge on any atom is -0.210 e. The molecule has 0 radical (unpaired) electrons. The van der Waals surface area contributed by atoms with E-state index in [1.165, 1.54) is 11.3 Å². The molecule has 2 aromatic rings. The van der Waals surface area contributed by atoms with Crippen LogP contribution in [0.4, 0.5) is 0 Å². The van der Waals surface area contributed by atoms with Crippen LogP contribution in [0.15, 0.2) is 50.5 Å². The summed E-state index contributed by atoms with van der Waals surface area (Å²) < 4.78 is 27.5. The lowest BCUT2D eigenvalue weighted by atomic mass is 10.2. The molecule has 0 aliphatic carbocycles. The summed E-state index contributed by atoms with van der Waals surface area (Å²) in [4.78, 5) is 0. The Hall–Kier alpha value is -0.690. The SMILES string of the molecule is O=S(=O)(NCCc1ccccc1)c1sccc1Br. The molecule has 0 amide bonds. The molecule has 0 fully saturated rings. The maximum absolute atomic E-state index is 12.0. The Morgan fingerprint density at radius 1 is 1.17 bits per heavy atom. The van der Waals surface area contributed by atoms with Crippen LogP contribution in [0.1, 0.15) is 5.56 Å². The van der Waals surface area contributed by atoms with E-state index in [1.54, 1.807) is 11.4 Å². The molecule has 1 N–H and O–H groups in total. The lowest BCUT2D eigenvalue weighted by molar-refractivity contribution is 0.583. The van der Waals surface area contributed by atoms with E-state index >= 15 is 0 Å². The zero-order chi connectivity index (χ0) is 13.0. The van der Waals surface area contributed by atoms with Crippen molar-refractivity contribution in [2.45, 2.75) is 10.6 Å². The van der Waals surface area contributed by atoms with Gasteiger partial charge >= 0.3 is 0 Å². The summed E-state index contributed by atoms with van der Waals surface area (Å²) >= 11 is 4.44. The molecule has 1 aromatic carbocycles. The van der Waals surface area contributed by atoms with E-state index in [9.17, 15) is 8.42 Å². The summed E-state index contributed by atoms with van der Waals surface area (Å²) in [5, 5.41) is 1.75. The van der Waals surface area contributed by atoms with Crippen molar-refractivity contribution in [2.24, 2.45) is 0 Å². The van der Waals surface area contributed by atoms with Gasteiger partial charge in [0.1, 0.15) is 4.21 Å². The fourth-order valence-corrected chi connectivity index (χ4v) is 4.92. The van der Waals surface area contributed by atoms with Crippen LogP contribution in [0.25, 0.3) is 0 Å². The lowest BCUT2D eigenvalue weighted by Crippen LogP contribution is -2.25. The maximum Gasteiger partial charge on any atom is 0.251 e.